The number of fused-ring (bicyclic) bond motifs is 4. The van der Waals surface area contributed by atoms with Crippen molar-refractivity contribution in [3.8, 4) is 11.3 Å². The minimum atomic E-state index is -4.61. The maximum absolute atomic E-state index is 14.3. The number of nitrogens with zero attached hydrogens (tertiary/aromatic N) is 2. The van der Waals surface area contributed by atoms with Crippen LogP contribution in [-0.2, 0) is 20.9 Å². The van der Waals surface area contributed by atoms with Crippen LogP contribution < -0.4 is 16.0 Å². The van der Waals surface area contributed by atoms with Gasteiger partial charge in [0.15, 0.2) is 0 Å². The molecule has 2 heterocycles. The van der Waals surface area contributed by atoms with E-state index in [1.54, 1.807) is 25.3 Å². The van der Waals surface area contributed by atoms with Gasteiger partial charge in [0.2, 0.25) is 0 Å². The summed E-state index contributed by atoms with van der Waals surface area (Å²) in [6, 6.07) is 0.847. The first-order valence-electron chi connectivity index (χ1n) is 14.6. The van der Waals surface area contributed by atoms with Crippen molar-refractivity contribution in [2.45, 2.75) is 103 Å². The summed E-state index contributed by atoms with van der Waals surface area (Å²) in [5, 5.41) is 7.94. The molecule has 0 saturated carbocycles. The molecule has 3 rings (SSSR count). The topological polar surface area (TPSA) is 116 Å². The van der Waals surface area contributed by atoms with Crippen LogP contribution in [0.15, 0.2) is 12.1 Å². The summed E-state index contributed by atoms with van der Waals surface area (Å²) in [5.74, 6) is 0.348. The molecule has 10 nitrogen and oxygen atoms in total. The van der Waals surface area contributed by atoms with Gasteiger partial charge in [-0.2, -0.15) is 13.2 Å². The number of aromatic nitrogens is 2. The van der Waals surface area contributed by atoms with Gasteiger partial charge in [-0.05, 0) is 51.8 Å². The maximum Gasteiger partial charge on any atom is 0.411 e. The van der Waals surface area contributed by atoms with Crippen molar-refractivity contribution in [1.82, 2.24) is 14.9 Å². The molecular formula is C29H42Cl2F3N5O5Si. The highest BCUT2D eigenvalue weighted by Crippen LogP contribution is 2.42. The molecule has 0 unspecified atom stereocenters. The number of imidazole rings is 1. The Morgan fingerprint density at radius 1 is 1.11 bits per heavy atom. The van der Waals surface area contributed by atoms with Crippen LogP contribution in [0.25, 0.3) is 11.3 Å². The summed E-state index contributed by atoms with van der Waals surface area (Å²) in [6.07, 6.45) is -5.66. The molecule has 1 aromatic heterocycles. The number of hydrogen-bond acceptors (Lipinski definition) is 7. The van der Waals surface area contributed by atoms with Crippen LogP contribution in [0.1, 0.15) is 58.3 Å². The number of carbonyl (C=O) groups is 2. The van der Waals surface area contributed by atoms with Gasteiger partial charge < -0.3 is 24.8 Å². The van der Waals surface area contributed by atoms with Gasteiger partial charge in [0, 0.05) is 25.9 Å². The molecule has 16 heteroatoms. The Labute approximate surface area is 272 Å². The standard InChI is InChI=1S/C29H42Cl2F3N5O5Si/c1-28(2,3)44-27(41)36-19-10-8-9-11-22(29(32,33)34)35-20-15-21(37-26(40)42-4)18(30)14-17(20)23-24(31)39(25(19)38-23)16-43-12-13-45(5,6)7/h14-15,19,22,35H,8-13,16H2,1-7H3,(H,36,41)(H,37,40)/t19-,22-/m0/s1. The molecule has 0 spiro atoms. The van der Waals surface area contributed by atoms with Crippen LogP contribution in [0.3, 0.4) is 0 Å². The van der Waals surface area contributed by atoms with Gasteiger partial charge in [0.25, 0.3) is 0 Å². The van der Waals surface area contributed by atoms with E-state index in [0.29, 0.717) is 18.9 Å². The minimum absolute atomic E-state index is 0.0110. The van der Waals surface area contributed by atoms with E-state index in [1.165, 1.54) is 12.1 Å². The van der Waals surface area contributed by atoms with Gasteiger partial charge in [-0.3, -0.25) is 9.88 Å². The lowest BCUT2D eigenvalue weighted by atomic mass is 10.0. The lowest BCUT2D eigenvalue weighted by Crippen LogP contribution is -2.37. The highest BCUT2D eigenvalue weighted by Gasteiger charge is 2.40. The number of nitrogens with one attached hydrogen (secondary N) is 3. The van der Waals surface area contributed by atoms with Crippen molar-refractivity contribution in [3.05, 3.63) is 28.1 Å². The molecule has 2 bridgehead atoms. The molecular weight excluding hydrogens is 654 g/mol. The SMILES string of the molecule is COC(=O)Nc1cc2c(cc1Cl)-c1nc(n(COCC[Si](C)(C)C)c1Cl)[C@@H](NC(=O)OC(C)(C)C)CCCC[C@@H](C(F)(F)F)N2. The number of ether oxygens (including phenoxy) is 3. The molecule has 1 aliphatic rings. The Morgan fingerprint density at radius 3 is 2.38 bits per heavy atom. The number of hydrogen-bond donors (Lipinski definition) is 3. The van der Waals surface area contributed by atoms with E-state index in [1.807, 2.05) is 0 Å². The molecule has 0 fully saturated rings. The van der Waals surface area contributed by atoms with E-state index >= 15 is 0 Å². The summed E-state index contributed by atoms with van der Waals surface area (Å²) in [6.45, 7) is 12.3. The highest BCUT2D eigenvalue weighted by atomic mass is 35.5. The molecule has 0 saturated heterocycles. The Morgan fingerprint density at radius 2 is 1.78 bits per heavy atom. The predicted molar refractivity (Wildman–Crippen MR) is 172 cm³/mol. The van der Waals surface area contributed by atoms with Crippen LogP contribution in [0, 0.1) is 0 Å². The van der Waals surface area contributed by atoms with Gasteiger partial charge in [-0.25, -0.2) is 14.6 Å². The number of amides is 2. The average molecular weight is 697 g/mol. The lowest BCUT2D eigenvalue weighted by Gasteiger charge is -2.26. The Hall–Kier alpha value is -2.68. The van der Waals surface area contributed by atoms with Crippen molar-refractivity contribution in [3.63, 3.8) is 0 Å². The monoisotopic (exact) mass is 695 g/mol. The zero-order valence-corrected chi connectivity index (χ0v) is 29.1. The molecule has 3 N–H and O–H groups in total. The number of alkyl halides is 3. The van der Waals surface area contributed by atoms with E-state index < -0.39 is 44.1 Å². The summed E-state index contributed by atoms with van der Waals surface area (Å²) in [7, 11) is -0.269. The molecule has 1 aliphatic heterocycles. The number of benzene rings is 1. The fourth-order valence-electron chi connectivity index (χ4n) is 4.61. The summed E-state index contributed by atoms with van der Waals surface area (Å²) in [5.41, 5.74) is -0.494. The third-order valence-corrected chi connectivity index (χ3v) is 9.30. The highest BCUT2D eigenvalue weighted by molar-refractivity contribution is 6.76. The summed E-state index contributed by atoms with van der Waals surface area (Å²) >= 11 is 13.4. The number of alkyl carbamates (subject to hydrolysis) is 1. The third-order valence-electron chi connectivity index (χ3n) is 6.90. The van der Waals surface area contributed by atoms with Crippen molar-refractivity contribution in [1.29, 1.82) is 0 Å². The van der Waals surface area contributed by atoms with Crippen LogP contribution in [0.5, 0.6) is 0 Å². The molecule has 252 valence electrons. The van der Waals surface area contributed by atoms with Crippen molar-refractivity contribution in [2.75, 3.05) is 24.4 Å². The predicted octanol–water partition coefficient (Wildman–Crippen LogP) is 8.83. The number of anilines is 2. The molecule has 0 aliphatic carbocycles. The number of carbonyl (C=O) groups excluding carboxylic acids is 2. The maximum atomic E-state index is 14.3. The largest absolute Gasteiger partial charge is 0.453 e. The van der Waals surface area contributed by atoms with E-state index in [9.17, 15) is 22.8 Å². The van der Waals surface area contributed by atoms with Gasteiger partial charge in [-0.1, -0.05) is 55.7 Å². The zero-order chi connectivity index (χ0) is 33.7. The fraction of sp³-hybridized carbons (Fsp3) is 0.621. The van der Waals surface area contributed by atoms with Gasteiger partial charge in [0.05, 0.1) is 23.9 Å². The molecule has 0 radical (unpaired) electrons. The number of rotatable bonds is 7. The molecule has 2 atom stereocenters. The number of halogens is 5. The van der Waals surface area contributed by atoms with E-state index in [2.05, 4.69) is 40.3 Å². The van der Waals surface area contributed by atoms with Gasteiger partial charge in [0.1, 0.15) is 35.0 Å². The van der Waals surface area contributed by atoms with Crippen LogP contribution in [-0.4, -0.2) is 61.3 Å². The average Bonchev–Trinajstić information content (AvgIpc) is 3.21. The molecule has 45 heavy (non-hydrogen) atoms. The van der Waals surface area contributed by atoms with Gasteiger partial charge in [-0.15, -0.1) is 0 Å². The Balaban J connectivity index is 2.20. The molecule has 1 aromatic carbocycles. The molecule has 2 aromatic rings. The van der Waals surface area contributed by atoms with Crippen LogP contribution in [0.2, 0.25) is 35.9 Å². The molecule has 2 amide bonds. The second kappa shape index (κ2) is 14.8. The zero-order valence-electron chi connectivity index (χ0n) is 26.6. The normalized spacial score (nSPS) is 17.7. The number of methoxy groups -OCH3 is 1. The van der Waals surface area contributed by atoms with E-state index in [4.69, 9.17) is 37.7 Å². The summed E-state index contributed by atoms with van der Waals surface area (Å²) < 4.78 is 60.5. The lowest BCUT2D eigenvalue weighted by molar-refractivity contribution is -0.144. The minimum Gasteiger partial charge on any atom is -0.453 e. The quantitative estimate of drug-likeness (QED) is 0.196. The first kappa shape index (κ1) is 36.8. The second-order valence-corrected chi connectivity index (χ2v) is 19.5. The van der Waals surface area contributed by atoms with E-state index in [-0.39, 0.29) is 58.8 Å². The van der Waals surface area contributed by atoms with Crippen molar-refractivity contribution in [2.24, 2.45) is 0 Å². The third kappa shape index (κ3) is 10.7. The Kier molecular flexibility index (Phi) is 12.1. The van der Waals surface area contributed by atoms with E-state index in [0.717, 1.165) is 13.2 Å². The first-order chi connectivity index (χ1) is 20.8. The first-order valence-corrected chi connectivity index (χ1v) is 19.1. The van der Waals surface area contributed by atoms with Crippen LogP contribution >= 0.6 is 23.2 Å². The fourth-order valence-corrected chi connectivity index (χ4v) is 5.85. The van der Waals surface area contributed by atoms with Crippen molar-refractivity contribution >= 4 is 54.8 Å². The smallest absolute Gasteiger partial charge is 0.411 e. The van der Waals surface area contributed by atoms with Gasteiger partial charge >= 0.3 is 18.4 Å². The second-order valence-electron chi connectivity index (χ2n) is 13.1. The van der Waals surface area contributed by atoms with Crippen molar-refractivity contribution < 1.29 is 37.0 Å². The Bertz CT molecular complexity index is 1360. The van der Waals surface area contributed by atoms with Crippen LogP contribution in [0.4, 0.5) is 34.1 Å². The summed E-state index contributed by atoms with van der Waals surface area (Å²) in [4.78, 5) is 29.6.